The molecule has 85 heavy (non-hydrogen) atoms. The highest BCUT2D eigenvalue weighted by Gasteiger charge is 2.26. The number of esters is 2. The monoisotopic (exact) mass is 1220 g/mol. The number of phosphoric acid groups is 1. The zero-order valence-electron chi connectivity index (χ0n) is 56.4. The van der Waals surface area contributed by atoms with Gasteiger partial charge in [0.2, 0.25) is 0 Å². The summed E-state index contributed by atoms with van der Waals surface area (Å²) < 4.78 is 33.2. The van der Waals surface area contributed by atoms with E-state index in [9.17, 15) is 19.0 Å². The number of carbonyl (C=O) groups excluding carboxylic acids is 2. The number of allylic oxidation sites excluding steroid dienone is 8. The van der Waals surface area contributed by atoms with Crippen LogP contribution in [0.3, 0.4) is 0 Å². The molecule has 0 saturated carbocycles. The van der Waals surface area contributed by atoms with Gasteiger partial charge in [-0.3, -0.25) is 18.6 Å². The second kappa shape index (κ2) is 71.1. The number of phosphoric ester groups is 1. The lowest BCUT2D eigenvalue weighted by molar-refractivity contribution is -0.161. The summed E-state index contributed by atoms with van der Waals surface area (Å²) in [5.74, 6) is -0.808. The predicted molar refractivity (Wildman–Crippen MR) is 367 cm³/mol. The van der Waals surface area contributed by atoms with Crippen molar-refractivity contribution in [3.05, 3.63) is 48.6 Å². The summed E-state index contributed by atoms with van der Waals surface area (Å²) >= 11 is 0. The number of nitrogens with two attached hydrogens (primary N) is 1. The fraction of sp³-hybridized carbons (Fsp3) is 0.867. The summed E-state index contributed by atoms with van der Waals surface area (Å²) in [5.41, 5.74) is 5.41. The number of unbranched alkanes of at least 4 members (excludes halogenated alkanes) is 50. The molecule has 3 N–H and O–H groups in total. The molecule has 0 spiro atoms. The Balaban J connectivity index is 3.77. The summed E-state index contributed by atoms with van der Waals surface area (Å²) in [6.45, 7) is 3.79. The molecule has 0 aliphatic heterocycles. The number of ether oxygens (including phenoxy) is 2. The van der Waals surface area contributed by atoms with Crippen molar-refractivity contribution in [2.24, 2.45) is 5.73 Å². The normalized spacial score (nSPS) is 13.1. The van der Waals surface area contributed by atoms with E-state index in [2.05, 4.69) is 62.5 Å². The standard InChI is InChI=1S/C75H142NO8P/c1-3-5-7-9-11-13-15-17-19-21-23-25-27-29-30-31-32-33-34-35-36-37-38-39-40-41-42-44-46-48-50-52-54-56-58-60-62-64-66-68-75(78)84-73(72-83-85(79,80)82-70-69-76)71-81-74(77)67-65-63-61-59-57-55-53-51-49-47-45-43-28-26-24-22-20-18-16-14-12-10-8-6-4-2/h15-18,21-24,73H,3-14,19-20,25-72,76H2,1-2H3,(H,79,80)/b17-15-,18-16-,23-21-,24-22-. The second-order valence-corrected chi connectivity index (χ2v) is 26.6. The molecule has 0 radical (unpaired) electrons. The highest BCUT2D eigenvalue weighted by atomic mass is 31.2. The molecule has 0 bridgehead atoms. The summed E-state index contributed by atoms with van der Waals surface area (Å²) in [6, 6.07) is 0. The van der Waals surface area contributed by atoms with E-state index in [0.29, 0.717) is 6.42 Å². The molecule has 0 aliphatic rings. The van der Waals surface area contributed by atoms with E-state index < -0.39 is 26.5 Å². The van der Waals surface area contributed by atoms with E-state index in [1.54, 1.807) is 0 Å². The van der Waals surface area contributed by atoms with E-state index in [-0.39, 0.29) is 38.6 Å². The van der Waals surface area contributed by atoms with Crippen molar-refractivity contribution in [1.82, 2.24) is 0 Å². The Bertz CT molecular complexity index is 1530. The first-order valence-electron chi connectivity index (χ1n) is 37.1. The van der Waals surface area contributed by atoms with Crippen LogP contribution in [0.1, 0.15) is 386 Å². The van der Waals surface area contributed by atoms with Crippen molar-refractivity contribution in [2.45, 2.75) is 392 Å². The summed E-state index contributed by atoms with van der Waals surface area (Å²) in [5, 5.41) is 0. The quantitative estimate of drug-likeness (QED) is 0.0264. The van der Waals surface area contributed by atoms with E-state index >= 15 is 0 Å². The van der Waals surface area contributed by atoms with Crippen LogP contribution >= 0.6 is 7.82 Å². The van der Waals surface area contributed by atoms with Gasteiger partial charge < -0.3 is 20.1 Å². The maximum Gasteiger partial charge on any atom is 0.472 e. The van der Waals surface area contributed by atoms with E-state index in [1.807, 2.05) is 0 Å². The zero-order valence-corrected chi connectivity index (χ0v) is 57.3. The Morgan fingerprint density at radius 3 is 0.894 bits per heavy atom. The zero-order chi connectivity index (χ0) is 61.6. The molecule has 9 nitrogen and oxygen atoms in total. The first-order chi connectivity index (χ1) is 41.8. The first-order valence-corrected chi connectivity index (χ1v) is 38.6. The average Bonchev–Trinajstić information content (AvgIpc) is 3.53. The molecular formula is C75H142NO8P. The molecule has 0 saturated heterocycles. The fourth-order valence-electron chi connectivity index (χ4n) is 11.2. The molecule has 0 fully saturated rings. The number of carbonyl (C=O) groups is 2. The molecule has 0 heterocycles. The topological polar surface area (TPSA) is 134 Å². The minimum absolute atomic E-state index is 0.0551. The van der Waals surface area contributed by atoms with Crippen LogP contribution in [-0.2, 0) is 32.7 Å². The third-order valence-corrected chi connectivity index (χ3v) is 17.7. The van der Waals surface area contributed by atoms with Crippen LogP contribution in [-0.4, -0.2) is 49.3 Å². The van der Waals surface area contributed by atoms with Gasteiger partial charge in [-0.15, -0.1) is 0 Å². The number of rotatable bonds is 71. The first kappa shape index (κ1) is 83.0. The van der Waals surface area contributed by atoms with E-state index in [4.69, 9.17) is 24.3 Å². The maximum absolute atomic E-state index is 12.8. The molecule has 10 heteroatoms. The van der Waals surface area contributed by atoms with Gasteiger partial charge in [0.1, 0.15) is 6.61 Å². The van der Waals surface area contributed by atoms with Gasteiger partial charge >= 0.3 is 19.8 Å². The van der Waals surface area contributed by atoms with Crippen molar-refractivity contribution in [1.29, 1.82) is 0 Å². The van der Waals surface area contributed by atoms with E-state index in [1.165, 1.54) is 308 Å². The van der Waals surface area contributed by atoms with Gasteiger partial charge in [-0.05, 0) is 77.0 Å². The van der Waals surface area contributed by atoms with Gasteiger partial charge in [-0.1, -0.05) is 345 Å². The molecule has 0 aromatic rings. The average molecular weight is 1220 g/mol. The maximum atomic E-state index is 12.8. The Hall–Kier alpha value is -2.03. The predicted octanol–water partition coefficient (Wildman–Crippen LogP) is 24.4. The third-order valence-electron chi connectivity index (χ3n) is 16.7. The molecule has 2 unspecified atom stereocenters. The van der Waals surface area contributed by atoms with Crippen LogP contribution in [0.5, 0.6) is 0 Å². The Labute approximate surface area is 527 Å². The lowest BCUT2D eigenvalue weighted by Gasteiger charge is -2.19. The minimum Gasteiger partial charge on any atom is -0.462 e. The summed E-state index contributed by atoms with van der Waals surface area (Å²) in [7, 11) is -4.39. The van der Waals surface area contributed by atoms with Gasteiger partial charge in [0.15, 0.2) is 6.10 Å². The summed E-state index contributed by atoms with van der Waals surface area (Å²) in [4.78, 5) is 35.4. The van der Waals surface area contributed by atoms with Gasteiger partial charge in [0.05, 0.1) is 13.2 Å². The SMILES string of the molecule is CCCCCCC/C=C\C/C=C\CCCCCCCCCCCCCCCCCCCCCCCCCCCCCC(=O)OC(COC(=O)CCCCCCCCCCCCCCC/C=C\C/C=C\CCCCCCC)COP(=O)(O)OCCN. The van der Waals surface area contributed by atoms with Crippen molar-refractivity contribution in [3.63, 3.8) is 0 Å². The van der Waals surface area contributed by atoms with Gasteiger partial charge in [0, 0.05) is 19.4 Å². The molecule has 0 aromatic carbocycles. The van der Waals surface area contributed by atoms with Crippen molar-refractivity contribution in [2.75, 3.05) is 26.4 Å². The molecule has 0 rings (SSSR count). The largest absolute Gasteiger partial charge is 0.472 e. The van der Waals surface area contributed by atoms with E-state index in [0.717, 1.165) is 44.9 Å². The molecular weight excluding hydrogens is 1070 g/mol. The minimum atomic E-state index is -4.39. The Morgan fingerprint density at radius 1 is 0.353 bits per heavy atom. The second-order valence-electron chi connectivity index (χ2n) is 25.2. The molecule has 0 aliphatic carbocycles. The summed E-state index contributed by atoms with van der Waals surface area (Å²) in [6.07, 6.45) is 90.9. The molecule has 500 valence electrons. The highest BCUT2D eigenvalue weighted by molar-refractivity contribution is 7.47. The van der Waals surface area contributed by atoms with Crippen LogP contribution < -0.4 is 5.73 Å². The Kier molecular flexibility index (Phi) is 69.4. The van der Waals surface area contributed by atoms with Crippen LogP contribution in [0.2, 0.25) is 0 Å². The van der Waals surface area contributed by atoms with Gasteiger partial charge in [-0.2, -0.15) is 0 Å². The fourth-order valence-corrected chi connectivity index (χ4v) is 11.9. The highest BCUT2D eigenvalue weighted by Crippen LogP contribution is 2.43. The number of hydrogen-bond acceptors (Lipinski definition) is 8. The van der Waals surface area contributed by atoms with Crippen molar-refractivity contribution < 1.29 is 37.6 Å². The van der Waals surface area contributed by atoms with Crippen molar-refractivity contribution >= 4 is 19.8 Å². The van der Waals surface area contributed by atoms with Crippen LogP contribution in [0.15, 0.2) is 48.6 Å². The molecule has 0 aromatic heterocycles. The smallest absolute Gasteiger partial charge is 0.462 e. The van der Waals surface area contributed by atoms with Crippen LogP contribution in [0, 0.1) is 0 Å². The van der Waals surface area contributed by atoms with Crippen LogP contribution in [0.25, 0.3) is 0 Å². The lowest BCUT2D eigenvalue weighted by atomic mass is 10.0. The third kappa shape index (κ3) is 70.9. The molecule has 2 atom stereocenters. The van der Waals surface area contributed by atoms with Crippen LogP contribution in [0.4, 0.5) is 0 Å². The Morgan fingerprint density at radius 2 is 0.612 bits per heavy atom. The van der Waals surface area contributed by atoms with Gasteiger partial charge in [0.25, 0.3) is 0 Å². The van der Waals surface area contributed by atoms with Crippen molar-refractivity contribution in [3.8, 4) is 0 Å². The lowest BCUT2D eigenvalue weighted by Crippen LogP contribution is -2.29. The van der Waals surface area contributed by atoms with Gasteiger partial charge in [-0.25, -0.2) is 4.57 Å². The molecule has 0 amide bonds. The number of hydrogen-bond donors (Lipinski definition) is 2.